The number of alkyl halides is 3. The Balaban J connectivity index is 1.77. The molecule has 6 heteroatoms. The molecule has 24 heavy (non-hydrogen) atoms. The molecule has 1 aromatic rings. The quantitative estimate of drug-likeness (QED) is 0.734. The number of aliphatic hydroxyl groups excluding tert-OH is 1. The van der Waals surface area contributed by atoms with Gasteiger partial charge in [0.15, 0.2) is 0 Å². The van der Waals surface area contributed by atoms with Crippen molar-refractivity contribution in [3.05, 3.63) is 35.4 Å². The second-order valence-corrected chi connectivity index (χ2v) is 6.38. The highest BCUT2D eigenvalue weighted by molar-refractivity contribution is 5.25. The Labute approximate surface area is 141 Å². The molecular formula is C18H26F3NO2. The summed E-state index contributed by atoms with van der Waals surface area (Å²) in [5, 5.41) is 8.68. The number of piperidine rings is 1. The predicted octanol–water partition coefficient (Wildman–Crippen LogP) is 3.36. The normalized spacial score (nSPS) is 19.6. The number of likely N-dealkylation sites (tertiary alicyclic amines) is 1. The van der Waals surface area contributed by atoms with Gasteiger partial charge in [0.2, 0.25) is 0 Å². The van der Waals surface area contributed by atoms with E-state index in [0.29, 0.717) is 25.6 Å². The number of nitrogens with zero attached hydrogens (tertiary/aromatic N) is 1. The largest absolute Gasteiger partial charge is 0.416 e. The van der Waals surface area contributed by atoms with Crippen molar-refractivity contribution < 1.29 is 23.0 Å². The van der Waals surface area contributed by atoms with Crippen LogP contribution in [0.3, 0.4) is 0 Å². The Morgan fingerprint density at radius 2 is 2.08 bits per heavy atom. The molecule has 1 atom stereocenters. The highest BCUT2D eigenvalue weighted by Crippen LogP contribution is 2.30. The second kappa shape index (κ2) is 9.39. The van der Waals surface area contributed by atoms with Gasteiger partial charge < -0.3 is 14.7 Å². The minimum atomic E-state index is -4.27. The molecular weight excluding hydrogens is 319 g/mol. The molecule has 1 aromatic carbocycles. The van der Waals surface area contributed by atoms with Crippen LogP contribution in [0.25, 0.3) is 0 Å². The van der Waals surface area contributed by atoms with Crippen LogP contribution in [0.2, 0.25) is 0 Å². The first-order chi connectivity index (χ1) is 11.5. The average Bonchev–Trinajstić information content (AvgIpc) is 2.57. The molecule has 136 valence electrons. The standard InChI is InChI=1S/C18H26F3NO2/c19-18(20,21)17-5-1-3-15(13-17)6-7-16-4-2-8-22(14-16)9-11-24-12-10-23/h1,3,5,13,16,23H,2,4,6-12,14H2/t16-/m1/s1. The first-order valence-electron chi connectivity index (χ1n) is 8.56. The molecule has 0 aromatic heterocycles. The van der Waals surface area contributed by atoms with Gasteiger partial charge in [0.25, 0.3) is 0 Å². The van der Waals surface area contributed by atoms with Gasteiger partial charge >= 0.3 is 6.18 Å². The zero-order valence-electron chi connectivity index (χ0n) is 13.9. The maximum Gasteiger partial charge on any atom is 0.416 e. The van der Waals surface area contributed by atoms with Gasteiger partial charge in [0.1, 0.15) is 0 Å². The smallest absolute Gasteiger partial charge is 0.394 e. The fraction of sp³-hybridized carbons (Fsp3) is 0.667. The summed E-state index contributed by atoms with van der Waals surface area (Å²) in [6, 6.07) is 5.66. The molecule has 0 radical (unpaired) electrons. The summed E-state index contributed by atoms with van der Waals surface area (Å²) >= 11 is 0. The van der Waals surface area contributed by atoms with Crippen LogP contribution in [0.1, 0.15) is 30.4 Å². The van der Waals surface area contributed by atoms with Gasteiger partial charge in [-0.1, -0.05) is 18.2 Å². The lowest BCUT2D eigenvalue weighted by Gasteiger charge is -2.32. The van der Waals surface area contributed by atoms with Crippen molar-refractivity contribution in [2.45, 2.75) is 31.9 Å². The summed E-state index contributed by atoms with van der Waals surface area (Å²) in [6.07, 6.45) is -0.425. The molecule has 0 unspecified atom stereocenters. The van der Waals surface area contributed by atoms with E-state index in [1.165, 1.54) is 12.1 Å². The molecule has 1 N–H and O–H groups in total. The topological polar surface area (TPSA) is 32.7 Å². The van der Waals surface area contributed by atoms with E-state index in [1.807, 2.05) is 0 Å². The third-order valence-electron chi connectivity index (χ3n) is 4.49. The number of benzene rings is 1. The number of hydrogen-bond acceptors (Lipinski definition) is 3. The van der Waals surface area contributed by atoms with Crippen LogP contribution in [-0.2, 0) is 17.3 Å². The maximum atomic E-state index is 12.8. The van der Waals surface area contributed by atoms with Crippen molar-refractivity contribution in [2.24, 2.45) is 5.92 Å². The maximum absolute atomic E-state index is 12.8. The highest BCUT2D eigenvalue weighted by Gasteiger charge is 2.30. The minimum Gasteiger partial charge on any atom is -0.394 e. The molecule has 0 saturated carbocycles. The Kier molecular flexibility index (Phi) is 7.52. The summed E-state index contributed by atoms with van der Waals surface area (Å²) in [4.78, 5) is 2.34. The summed E-state index contributed by atoms with van der Waals surface area (Å²) < 4.78 is 43.6. The average molecular weight is 345 g/mol. The Bertz CT molecular complexity index is 493. The Hall–Kier alpha value is -1.11. The molecule has 1 heterocycles. The minimum absolute atomic E-state index is 0.0413. The van der Waals surface area contributed by atoms with Gasteiger partial charge in [-0.25, -0.2) is 0 Å². The molecule has 3 nitrogen and oxygen atoms in total. The summed E-state index contributed by atoms with van der Waals surface area (Å²) in [5.41, 5.74) is 0.194. The van der Waals surface area contributed by atoms with E-state index in [0.717, 1.165) is 50.5 Å². The molecule has 0 spiro atoms. The lowest BCUT2D eigenvalue weighted by molar-refractivity contribution is -0.137. The van der Waals surface area contributed by atoms with Gasteiger partial charge in [-0.3, -0.25) is 0 Å². The molecule has 1 fully saturated rings. The van der Waals surface area contributed by atoms with E-state index in [1.54, 1.807) is 6.07 Å². The van der Waals surface area contributed by atoms with Gasteiger partial charge in [-0.05, 0) is 49.8 Å². The first-order valence-corrected chi connectivity index (χ1v) is 8.56. The summed E-state index contributed by atoms with van der Waals surface area (Å²) in [6.45, 7) is 3.89. The fourth-order valence-electron chi connectivity index (χ4n) is 3.22. The van der Waals surface area contributed by atoms with Gasteiger partial charge in [-0.2, -0.15) is 13.2 Å². The van der Waals surface area contributed by atoms with Crippen LogP contribution < -0.4 is 0 Å². The second-order valence-electron chi connectivity index (χ2n) is 6.38. The monoisotopic (exact) mass is 345 g/mol. The molecule has 0 aliphatic carbocycles. The first kappa shape index (κ1) is 19.2. The summed E-state index contributed by atoms with van der Waals surface area (Å²) in [5.74, 6) is 0.520. The van der Waals surface area contributed by atoms with E-state index in [-0.39, 0.29) is 6.61 Å². The molecule has 0 amide bonds. The van der Waals surface area contributed by atoms with Crippen LogP contribution in [0.15, 0.2) is 24.3 Å². The number of hydrogen-bond donors (Lipinski definition) is 1. The van der Waals surface area contributed by atoms with Gasteiger partial charge in [0.05, 0.1) is 25.4 Å². The number of ether oxygens (including phenoxy) is 1. The van der Waals surface area contributed by atoms with Crippen molar-refractivity contribution in [1.29, 1.82) is 0 Å². The Morgan fingerprint density at radius 1 is 1.25 bits per heavy atom. The number of rotatable bonds is 8. The van der Waals surface area contributed by atoms with E-state index < -0.39 is 11.7 Å². The van der Waals surface area contributed by atoms with Crippen molar-refractivity contribution in [2.75, 3.05) is 39.5 Å². The van der Waals surface area contributed by atoms with Crippen LogP contribution in [0, 0.1) is 5.92 Å². The number of halogens is 3. The number of aliphatic hydroxyl groups is 1. The molecule has 1 aliphatic rings. The molecule has 1 saturated heterocycles. The lowest BCUT2D eigenvalue weighted by atomic mass is 9.91. The van der Waals surface area contributed by atoms with E-state index in [4.69, 9.17) is 9.84 Å². The SMILES string of the molecule is OCCOCCN1CCC[C@H](CCc2cccc(C(F)(F)F)c2)C1. The third-order valence-corrected chi connectivity index (χ3v) is 4.49. The molecule has 1 aliphatic heterocycles. The molecule has 0 bridgehead atoms. The van der Waals surface area contributed by atoms with Gasteiger partial charge in [0, 0.05) is 13.1 Å². The Morgan fingerprint density at radius 3 is 2.83 bits per heavy atom. The predicted molar refractivity (Wildman–Crippen MR) is 86.8 cm³/mol. The van der Waals surface area contributed by atoms with E-state index in [9.17, 15) is 13.2 Å². The van der Waals surface area contributed by atoms with Crippen LogP contribution >= 0.6 is 0 Å². The number of aryl methyl sites for hydroxylation is 1. The van der Waals surface area contributed by atoms with Crippen LogP contribution in [0.4, 0.5) is 13.2 Å². The van der Waals surface area contributed by atoms with E-state index in [2.05, 4.69) is 4.90 Å². The highest BCUT2D eigenvalue weighted by atomic mass is 19.4. The van der Waals surface area contributed by atoms with Gasteiger partial charge in [-0.15, -0.1) is 0 Å². The van der Waals surface area contributed by atoms with Crippen LogP contribution in [0.5, 0.6) is 0 Å². The fourth-order valence-corrected chi connectivity index (χ4v) is 3.22. The van der Waals surface area contributed by atoms with Crippen molar-refractivity contribution in [3.8, 4) is 0 Å². The lowest BCUT2D eigenvalue weighted by Crippen LogP contribution is -2.37. The van der Waals surface area contributed by atoms with Crippen LogP contribution in [-0.4, -0.2) is 49.5 Å². The van der Waals surface area contributed by atoms with Crippen molar-refractivity contribution >= 4 is 0 Å². The zero-order valence-corrected chi connectivity index (χ0v) is 13.9. The molecule has 2 rings (SSSR count). The van der Waals surface area contributed by atoms with Crippen molar-refractivity contribution in [3.63, 3.8) is 0 Å². The van der Waals surface area contributed by atoms with E-state index >= 15 is 0 Å². The third kappa shape index (κ3) is 6.42. The summed E-state index contributed by atoms with van der Waals surface area (Å²) in [7, 11) is 0. The van der Waals surface area contributed by atoms with Crippen molar-refractivity contribution in [1.82, 2.24) is 4.90 Å². The zero-order chi connectivity index (χ0) is 17.4.